The summed E-state index contributed by atoms with van der Waals surface area (Å²) in [5, 5.41) is 3.89. The second-order valence-electron chi connectivity index (χ2n) is 7.48. The number of halogens is 2. The molecular formula is C25H21ClFNO2. The lowest BCUT2D eigenvalue weighted by Crippen LogP contribution is -2.12. The van der Waals surface area contributed by atoms with Crippen molar-refractivity contribution < 1.29 is 8.81 Å². The smallest absolute Gasteiger partial charge is 0.196 e. The van der Waals surface area contributed by atoms with Crippen LogP contribution in [0.4, 0.5) is 10.1 Å². The maximum absolute atomic E-state index is 13.9. The molecule has 0 aliphatic heterocycles. The summed E-state index contributed by atoms with van der Waals surface area (Å²) in [6, 6.07) is 17.8. The van der Waals surface area contributed by atoms with Gasteiger partial charge in [-0.1, -0.05) is 48.0 Å². The predicted octanol–water partition coefficient (Wildman–Crippen LogP) is 7.04. The molecule has 0 bridgehead atoms. The van der Waals surface area contributed by atoms with Crippen LogP contribution in [0.1, 0.15) is 29.7 Å². The van der Waals surface area contributed by atoms with Crippen LogP contribution in [-0.4, -0.2) is 0 Å². The van der Waals surface area contributed by atoms with Crippen molar-refractivity contribution in [2.24, 2.45) is 0 Å². The molecule has 0 fully saturated rings. The molecule has 0 radical (unpaired) electrons. The predicted molar refractivity (Wildman–Crippen MR) is 121 cm³/mol. The fourth-order valence-electron chi connectivity index (χ4n) is 3.67. The van der Waals surface area contributed by atoms with Gasteiger partial charge in [0.25, 0.3) is 0 Å². The summed E-state index contributed by atoms with van der Waals surface area (Å²) in [6.45, 7) is 5.67. The zero-order chi connectivity index (χ0) is 21.4. The lowest BCUT2D eigenvalue weighted by Gasteiger charge is -2.19. The first kappa shape index (κ1) is 20.2. The van der Waals surface area contributed by atoms with E-state index in [1.54, 1.807) is 13.0 Å². The summed E-state index contributed by atoms with van der Waals surface area (Å²) < 4.78 is 20.2. The summed E-state index contributed by atoms with van der Waals surface area (Å²) in [5.74, 6) is 0.0689. The molecule has 0 saturated carbocycles. The molecule has 4 rings (SSSR count). The molecule has 152 valence electrons. The highest BCUT2D eigenvalue weighted by Gasteiger charge is 2.19. The highest BCUT2D eigenvalue weighted by Crippen LogP contribution is 2.32. The first-order valence-corrected chi connectivity index (χ1v) is 10.1. The molecule has 3 nitrogen and oxygen atoms in total. The lowest BCUT2D eigenvalue weighted by atomic mass is 9.99. The van der Waals surface area contributed by atoms with E-state index in [1.807, 2.05) is 56.3 Å². The Balaban J connectivity index is 1.87. The molecule has 5 heteroatoms. The summed E-state index contributed by atoms with van der Waals surface area (Å²) in [6.07, 6.45) is 0. The Labute approximate surface area is 179 Å². The SMILES string of the molecule is Cc1cc(C(C)Nc2ccc(Cl)c(F)c2)c2oc(-c3ccccc3)c(C)c(=O)c2c1. The third kappa shape index (κ3) is 3.71. The van der Waals surface area contributed by atoms with Crippen LogP contribution in [0.5, 0.6) is 0 Å². The van der Waals surface area contributed by atoms with Crippen LogP contribution < -0.4 is 10.7 Å². The van der Waals surface area contributed by atoms with Crippen LogP contribution >= 0.6 is 11.6 Å². The van der Waals surface area contributed by atoms with E-state index >= 15 is 0 Å². The van der Waals surface area contributed by atoms with Gasteiger partial charge in [0.05, 0.1) is 16.5 Å². The van der Waals surface area contributed by atoms with E-state index in [4.69, 9.17) is 16.0 Å². The van der Waals surface area contributed by atoms with Crippen LogP contribution in [0.15, 0.2) is 69.9 Å². The van der Waals surface area contributed by atoms with E-state index in [9.17, 15) is 9.18 Å². The summed E-state index contributed by atoms with van der Waals surface area (Å²) in [7, 11) is 0. The third-order valence-electron chi connectivity index (χ3n) is 5.20. The lowest BCUT2D eigenvalue weighted by molar-refractivity contribution is 0.605. The minimum atomic E-state index is -0.489. The van der Waals surface area contributed by atoms with E-state index in [0.29, 0.717) is 28.0 Å². The molecule has 0 amide bonds. The minimum absolute atomic E-state index is 0.0511. The number of nitrogens with one attached hydrogen (secondary N) is 1. The van der Waals surface area contributed by atoms with Crippen molar-refractivity contribution in [2.45, 2.75) is 26.8 Å². The molecule has 3 aromatic carbocycles. The summed E-state index contributed by atoms with van der Waals surface area (Å²) >= 11 is 5.79. The molecule has 1 N–H and O–H groups in total. The van der Waals surface area contributed by atoms with Gasteiger partial charge in [-0.25, -0.2) is 4.39 Å². The van der Waals surface area contributed by atoms with Crippen molar-refractivity contribution in [3.63, 3.8) is 0 Å². The molecule has 1 unspecified atom stereocenters. The Morgan fingerprint density at radius 3 is 2.47 bits per heavy atom. The average Bonchev–Trinajstić information content (AvgIpc) is 2.73. The second-order valence-corrected chi connectivity index (χ2v) is 7.88. The van der Waals surface area contributed by atoms with Crippen molar-refractivity contribution >= 4 is 28.3 Å². The van der Waals surface area contributed by atoms with Crippen molar-refractivity contribution in [3.8, 4) is 11.3 Å². The fourth-order valence-corrected chi connectivity index (χ4v) is 3.79. The number of benzene rings is 3. The van der Waals surface area contributed by atoms with E-state index in [2.05, 4.69) is 5.32 Å². The van der Waals surface area contributed by atoms with E-state index in [1.165, 1.54) is 12.1 Å². The Hall–Kier alpha value is -3.11. The number of hydrogen-bond donors (Lipinski definition) is 1. The van der Waals surface area contributed by atoms with Crippen LogP contribution in [0, 0.1) is 19.7 Å². The van der Waals surface area contributed by atoms with Gasteiger partial charge in [0.15, 0.2) is 5.43 Å². The molecule has 0 aliphatic carbocycles. The molecule has 0 aliphatic rings. The van der Waals surface area contributed by atoms with Crippen molar-refractivity contribution in [3.05, 3.63) is 98.4 Å². The third-order valence-corrected chi connectivity index (χ3v) is 5.50. The molecule has 4 aromatic rings. The molecule has 1 aromatic heterocycles. The zero-order valence-corrected chi connectivity index (χ0v) is 17.7. The Bertz CT molecular complexity index is 1300. The van der Waals surface area contributed by atoms with E-state index < -0.39 is 5.82 Å². The van der Waals surface area contributed by atoms with Gasteiger partial charge in [0.2, 0.25) is 0 Å². The highest BCUT2D eigenvalue weighted by molar-refractivity contribution is 6.30. The topological polar surface area (TPSA) is 42.2 Å². The van der Waals surface area contributed by atoms with Gasteiger partial charge in [-0.15, -0.1) is 0 Å². The molecular weight excluding hydrogens is 401 g/mol. The Morgan fingerprint density at radius 1 is 1.03 bits per heavy atom. The van der Waals surface area contributed by atoms with Gasteiger partial charge >= 0.3 is 0 Å². The maximum Gasteiger partial charge on any atom is 0.196 e. The van der Waals surface area contributed by atoms with Gasteiger partial charge in [-0.05, 0) is 50.6 Å². The Kier molecular flexibility index (Phi) is 5.35. The highest BCUT2D eigenvalue weighted by atomic mass is 35.5. The maximum atomic E-state index is 13.9. The van der Waals surface area contributed by atoms with Crippen LogP contribution in [0.25, 0.3) is 22.3 Å². The fraction of sp³-hybridized carbons (Fsp3) is 0.160. The van der Waals surface area contributed by atoms with E-state index in [-0.39, 0.29) is 16.5 Å². The monoisotopic (exact) mass is 421 g/mol. The average molecular weight is 422 g/mol. The molecule has 1 atom stereocenters. The van der Waals surface area contributed by atoms with Gasteiger partial charge in [-0.3, -0.25) is 4.79 Å². The van der Waals surface area contributed by atoms with Crippen molar-refractivity contribution in [1.82, 2.24) is 0 Å². The van der Waals surface area contributed by atoms with Crippen molar-refractivity contribution in [2.75, 3.05) is 5.32 Å². The molecule has 0 saturated heterocycles. The largest absolute Gasteiger partial charge is 0.455 e. The summed E-state index contributed by atoms with van der Waals surface area (Å²) in [5.41, 5.74) is 4.28. The van der Waals surface area contributed by atoms with Crippen LogP contribution in [-0.2, 0) is 0 Å². The zero-order valence-electron chi connectivity index (χ0n) is 16.9. The quantitative estimate of drug-likeness (QED) is 0.384. The number of aryl methyl sites for hydroxylation is 1. The first-order chi connectivity index (χ1) is 14.3. The number of rotatable bonds is 4. The standard InChI is InChI=1S/C25H21ClFNO2/c1-14-11-19(16(3)28-18-9-10-21(26)22(27)13-18)25-20(12-14)23(29)15(2)24(30-25)17-7-5-4-6-8-17/h4-13,16,28H,1-3H3. The van der Waals surface area contributed by atoms with E-state index in [0.717, 1.165) is 16.7 Å². The van der Waals surface area contributed by atoms with Gasteiger partial charge in [0, 0.05) is 22.4 Å². The molecule has 30 heavy (non-hydrogen) atoms. The van der Waals surface area contributed by atoms with Gasteiger partial charge in [0.1, 0.15) is 17.2 Å². The molecule has 1 heterocycles. The van der Waals surface area contributed by atoms with Crippen molar-refractivity contribution in [1.29, 1.82) is 0 Å². The minimum Gasteiger partial charge on any atom is -0.455 e. The summed E-state index contributed by atoms with van der Waals surface area (Å²) in [4.78, 5) is 13.1. The van der Waals surface area contributed by atoms with Gasteiger partial charge in [-0.2, -0.15) is 0 Å². The van der Waals surface area contributed by atoms with Crippen LogP contribution in [0.3, 0.4) is 0 Å². The second kappa shape index (κ2) is 7.96. The number of fused-ring (bicyclic) bond motifs is 1. The van der Waals surface area contributed by atoms with Crippen LogP contribution in [0.2, 0.25) is 5.02 Å². The normalized spacial score (nSPS) is 12.2. The first-order valence-electron chi connectivity index (χ1n) is 9.70. The molecule has 0 spiro atoms. The number of anilines is 1. The number of hydrogen-bond acceptors (Lipinski definition) is 3. The Morgan fingerprint density at radius 2 is 1.77 bits per heavy atom. The van der Waals surface area contributed by atoms with Gasteiger partial charge < -0.3 is 9.73 Å².